The fraction of sp³-hybridized carbons (Fsp3) is 0.0909. The summed E-state index contributed by atoms with van der Waals surface area (Å²) in [5.41, 5.74) is 4.86. The van der Waals surface area contributed by atoms with Crippen molar-refractivity contribution in [2.45, 2.75) is 13.8 Å². The van der Waals surface area contributed by atoms with Gasteiger partial charge in [-0.3, -0.25) is 0 Å². The van der Waals surface area contributed by atoms with Crippen molar-refractivity contribution in [1.82, 2.24) is 0 Å². The highest BCUT2D eigenvalue weighted by molar-refractivity contribution is 6.32. The highest BCUT2D eigenvalue weighted by atomic mass is 35.5. The second kappa shape index (κ2) is 7.31. The van der Waals surface area contributed by atoms with Crippen LogP contribution in [0.25, 0.3) is 11.1 Å². The van der Waals surface area contributed by atoms with Crippen LogP contribution >= 0.6 is 11.6 Å². The van der Waals surface area contributed by atoms with Gasteiger partial charge in [0.2, 0.25) is 0 Å². The lowest BCUT2D eigenvalue weighted by molar-refractivity contribution is 0.479. The van der Waals surface area contributed by atoms with E-state index in [0.29, 0.717) is 16.5 Å². The largest absolute Gasteiger partial charge is 0.455 e. The summed E-state index contributed by atoms with van der Waals surface area (Å²) in [5.74, 6) is 1.01. The summed E-state index contributed by atoms with van der Waals surface area (Å²) in [5, 5.41) is 18.5. The Morgan fingerprint density at radius 1 is 0.808 bits per heavy atom. The van der Waals surface area contributed by atoms with Crippen LogP contribution in [0.1, 0.15) is 22.3 Å². The molecule has 26 heavy (non-hydrogen) atoms. The number of benzene rings is 3. The smallest absolute Gasteiger partial charge is 0.147 e. The number of ether oxygens (including phenoxy) is 1. The van der Waals surface area contributed by atoms with Gasteiger partial charge in [-0.05, 0) is 48.7 Å². The van der Waals surface area contributed by atoms with Crippen molar-refractivity contribution < 1.29 is 4.74 Å². The van der Waals surface area contributed by atoms with Gasteiger partial charge in [0.15, 0.2) is 0 Å². The average Bonchev–Trinajstić information content (AvgIpc) is 2.64. The van der Waals surface area contributed by atoms with Crippen molar-refractivity contribution in [2.75, 3.05) is 0 Å². The predicted molar refractivity (Wildman–Crippen MR) is 102 cm³/mol. The van der Waals surface area contributed by atoms with E-state index >= 15 is 0 Å². The molecule has 0 unspecified atom stereocenters. The van der Waals surface area contributed by atoms with Crippen molar-refractivity contribution in [3.63, 3.8) is 0 Å². The molecule has 3 nitrogen and oxygen atoms in total. The summed E-state index contributed by atoms with van der Waals surface area (Å²) in [6.07, 6.45) is 0. The van der Waals surface area contributed by atoms with Crippen molar-refractivity contribution in [2.24, 2.45) is 0 Å². The lowest BCUT2D eigenvalue weighted by Gasteiger charge is -2.12. The van der Waals surface area contributed by atoms with Crippen molar-refractivity contribution >= 4 is 11.6 Å². The summed E-state index contributed by atoms with van der Waals surface area (Å²) < 4.78 is 5.90. The molecule has 0 aliphatic heterocycles. The van der Waals surface area contributed by atoms with Crippen LogP contribution < -0.4 is 4.74 Å². The topological polar surface area (TPSA) is 56.8 Å². The molecule has 0 bridgehead atoms. The maximum Gasteiger partial charge on any atom is 0.147 e. The summed E-state index contributed by atoms with van der Waals surface area (Å²) in [4.78, 5) is 0. The molecule has 3 aromatic carbocycles. The number of nitriles is 2. The number of hydrogen-bond acceptors (Lipinski definition) is 3. The lowest BCUT2D eigenvalue weighted by Crippen LogP contribution is -1.92. The zero-order chi connectivity index (χ0) is 18.7. The van der Waals surface area contributed by atoms with E-state index in [-0.39, 0.29) is 11.1 Å². The van der Waals surface area contributed by atoms with E-state index in [9.17, 15) is 5.26 Å². The Morgan fingerprint density at radius 3 is 2.15 bits per heavy atom. The minimum Gasteiger partial charge on any atom is -0.455 e. The van der Waals surface area contributed by atoms with Crippen LogP contribution in [0.3, 0.4) is 0 Å². The van der Waals surface area contributed by atoms with Crippen molar-refractivity contribution in [1.29, 1.82) is 10.5 Å². The minimum atomic E-state index is 0.233. The molecule has 3 rings (SSSR count). The molecule has 0 aliphatic carbocycles. The van der Waals surface area contributed by atoms with Gasteiger partial charge >= 0.3 is 0 Å². The normalized spacial score (nSPS) is 10.0. The maximum absolute atomic E-state index is 9.17. The second-order valence-corrected chi connectivity index (χ2v) is 6.41. The van der Waals surface area contributed by atoms with Crippen LogP contribution in [0, 0.1) is 36.5 Å². The Bertz CT molecular complexity index is 1070. The predicted octanol–water partition coefficient (Wildman–Crippen LogP) is 6.16. The molecule has 0 radical (unpaired) electrons. The van der Waals surface area contributed by atoms with Gasteiger partial charge in [0.05, 0.1) is 16.1 Å². The second-order valence-electron chi connectivity index (χ2n) is 6.00. The van der Waals surface area contributed by atoms with E-state index in [4.69, 9.17) is 21.6 Å². The van der Waals surface area contributed by atoms with Crippen molar-refractivity contribution in [3.05, 3.63) is 81.9 Å². The first-order valence-electron chi connectivity index (χ1n) is 8.01. The number of rotatable bonds is 3. The molecule has 0 fully saturated rings. The molecule has 0 atom stereocenters. The van der Waals surface area contributed by atoms with Gasteiger partial charge in [0.25, 0.3) is 0 Å². The molecule has 0 heterocycles. The summed E-state index contributed by atoms with van der Waals surface area (Å²) >= 11 is 6.20. The van der Waals surface area contributed by atoms with Gasteiger partial charge < -0.3 is 4.74 Å². The Hall–Kier alpha value is -3.27. The van der Waals surface area contributed by atoms with Crippen LogP contribution in [0.5, 0.6) is 11.5 Å². The van der Waals surface area contributed by atoms with Gasteiger partial charge in [0, 0.05) is 6.07 Å². The molecule has 4 heteroatoms. The van der Waals surface area contributed by atoms with E-state index in [1.54, 1.807) is 0 Å². The third-order valence-electron chi connectivity index (χ3n) is 4.06. The fourth-order valence-corrected chi connectivity index (χ4v) is 2.91. The van der Waals surface area contributed by atoms with Crippen LogP contribution in [-0.2, 0) is 0 Å². The zero-order valence-corrected chi connectivity index (χ0v) is 15.1. The average molecular weight is 359 g/mol. The van der Waals surface area contributed by atoms with Crippen LogP contribution in [-0.4, -0.2) is 0 Å². The molecule has 0 saturated carbocycles. The number of hydrogen-bond donors (Lipinski definition) is 0. The zero-order valence-electron chi connectivity index (χ0n) is 14.4. The molecule has 126 valence electrons. The highest BCUT2D eigenvalue weighted by Gasteiger charge is 2.12. The van der Waals surface area contributed by atoms with E-state index < -0.39 is 0 Å². The molecule has 0 N–H and O–H groups in total. The minimum absolute atomic E-state index is 0.233. The van der Waals surface area contributed by atoms with Gasteiger partial charge in [-0.2, -0.15) is 10.5 Å². The molecule has 0 saturated heterocycles. The lowest BCUT2D eigenvalue weighted by atomic mass is 10.0. The first-order valence-corrected chi connectivity index (χ1v) is 8.39. The summed E-state index contributed by atoms with van der Waals surface area (Å²) in [6, 6.07) is 21.1. The Labute approximate surface area is 157 Å². The number of nitrogens with zero attached hydrogens (tertiary/aromatic N) is 2. The quantitative estimate of drug-likeness (QED) is 0.563. The Kier molecular flexibility index (Phi) is 4.94. The maximum atomic E-state index is 9.17. The van der Waals surface area contributed by atoms with Crippen LogP contribution in [0.4, 0.5) is 0 Å². The van der Waals surface area contributed by atoms with E-state index in [1.807, 2.05) is 43.3 Å². The van der Waals surface area contributed by atoms with E-state index in [1.165, 1.54) is 17.7 Å². The third kappa shape index (κ3) is 3.54. The molecule has 0 amide bonds. The van der Waals surface area contributed by atoms with Gasteiger partial charge in [0.1, 0.15) is 23.6 Å². The van der Waals surface area contributed by atoms with Crippen LogP contribution in [0.2, 0.25) is 5.02 Å². The van der Waals surface area contributed by atoms with E-state index in [2.05, 4.69) is 25.1 Å². The highest BCUT2D eigenvalue weighted by Crippen LogP contribution is 2.35. The van der Waals surface area contributed by atoms with Crippen LogP contribution in [0.15, 0.2) is 54.6 Å². The first-order chi connectivity index (χ1) is 12.5. The molecular weight excluding hydrogens is 344 g/mol. The summed E-state index contributed by atoms with van der Waals surface area (Å²) in [7, 11) is 0. The molecule has 0 aromatic heterocycles. The summed E-state index contributed by atoms with van der Waals surface area (Å²) in [6.45, 7) is 4.02. The van der Waals surface area contributed by atoms with Gasteiger partial charge in [-0.1, -0.05) is 47.5 Å². The molecule has 0 aliphatic rings. The molecule has 3 aromatic rings. The first kappa shape index (κ1) is 17.5. The standard InChI is InChI=1S/C22H15ClN2O/c1-14-4-3-5-16(8-14)17-6-7-21(15(2)9-17)26-22-11-19(13-25)18(12-24)10-20(22)23/h3-11H,1-2H3. The third-order valence-corrected chi connectivity index (χ3v) is 4.35. The fourth-order valence-electron chi connectivity index (χ4n) is 2.70. The van der Waals surface area contributed by atoms with Gasteiger partial charge in [-0.25, -0.2) is 0 Å². The Balaban J connectivity index is 1.95. The van der Waals surface area contributed by atoms with Crippen molar-refractivity contribution in [3.8, 4) is 34.8 Å². The number of aryl methyl sites for hydroxylation is 2. The SMILES string of the molecule is Cc1cccc(-c2ccc(Oc3cc(C#N)c(C#N)cc3Cl)c(C)c2)c1. The van der Waals surface area contributed by atoms with Gasteiger partial charge in [-0.15, -0.1) is 0 Å². The van der Waals surface area contributed by atoms with E-state index in [0.717, 1.165) is 16.7 Å². The monoisotopic (exact) mass is 358 g/mol. The molecular formula is C22H15ClN2O. The number of halogens is 1. The Morgan fingerprint density at radius 2 is 1.50 bits per heavy atom. The molecule has 0 spiro atoms.